The molecule has 0 saturated heterocycles. The fourth-order valence-corrected chi connectivity index (χ4v) is 4.88. The zero-order chi connectivity index (χ0) is 24.0. The van der Waals surface area contributed by atoms with Gasteiger partial charge in [0.05, 0.1) is 0 Å². The monoisotopic (exact) mass is 466 g/mol. The Kier molecular flexibility index (Phi) is 7.20. The molecule has 0 saturated carbocycles. The van der Waals surface area contributed by atoms with Gasteiger partial charge in [0.1, 0.15) is 0 Å². The molecule has 0 amide bonds. The molecule has 4 nitrogen and oxygen atoms in total. The van der Waals surface area contributed by atoms with E-state index in [2.05, 4.69) is 108 Å². The summed E-state index contributed by atoms with van der Waals surface area (Å²) in [5.41, 5.74) is 6.46. The maximum atomic E-state index is 5.65. The highest BCUT2D eigenvalue weighted by Crippen LogP contribution is 2.35. The molecule has 1 unspecified atom stereocenters. The number of nitrogens with zero attached hydrogens (tertiary/aromatic N) is 2. The molecule has 0 bridgehead atoms. The van der Waals surface area contributed by atoms with E-state index >= 15 is 0 Å². The highest BCUT2D eigenvalue weighted by atomic mass is 16.7. The Morgan fingerprint density at radius 1 is 0.800 bits per heavy atom. The second-order valence-electron chi connectivity index (χ2n) is 9.27. The molecular weight excluding hydrogens is 432 g/mol. The van der Waals surface area contributed by atoms with E-state index in [4.69, 9.17) is 9.47 Å². The van der Waals surface area contributed by atoms with Crippen LogP contribution in [-0.4, -0.2) is 16.3 Å². The van der Waals surface area contributed by atoms with Crippen molar-refractivity contribution < 1.29 is 9.47 Å². The minimum Gasteiger partial charge on any atom is -0.454 e. The fourth-order valence-electron chi connectivity index (χ4n) is 4.88. The molecule has 0 aliphatic carbocycles. The van der Waals surface area contributed by atoms with Crippen LogP contribution in [0.15, 0.2) is 91.0 Å². The standard InChI is InChI=1S/C31H34N2O2/c1-3-4-19-33-28(16-17-29(33)27-13-9-6-10-14-27)24(2)32(21-25-11-7-5-8-12-25)22-26-15-18-30-31(20-26)35-23-34-30/h5-18,20,24H,3-4,19,21-23H2,1-2H3. The summed E-state index contributed by atoms with van der Waals surface area (Å²) < 4.78 is 13.7. The molecule has 4 aromatic rings. The Bertz CT molecular complexity index is 1230. The summed E-state index contributed by atoms with van der Waals surface area (Å²) in [5.74, 6) is 1.67. The lowest BCUT2D eigenvalue weighted by Gasteiger charge is -2.31. The first-order chi connectivity index (χ1) is 17.2. The normalized spacial score (nSPS) is 13.3. The predicted molar refractivity (Wildman–Crippen MR) is 141 cm³/mol. The Morgan fingerprint density at radius 3 is 2.29 bits per heavy atom. The zero-order valence-corrected chi connectivity index (χ0v) is 20.7. The summed E-state index contributed by atoms with van der Waals surface area (Å²) in [6.07, 6.45) is 2.33. The van der Waals surface area contributed by atoms with Crippen molar-refractivity contribution in [3.8, 4) is 22.8 Å². The largest absolute Gasteiger partial charge is 0.454 e. The van der Waals surface area contributed by atoms with Crippen LogP contribution in [0.2, 0.25) is 0 Å². The first-order valence-electron chi connectivity index (χ1n) is 12.6. The van der Waals surface area contributed by atoms with Crippen LogP contribution < -0.4 is 9.47 Å². The molecule has 0 N–H and O–H groups in total. The minimum atomic E-state index is 0.231. The summed E-state index contributed by atoms with van der Waals surface area (Å²) in [5, 5.41) is 0. The summed E-state index contributed by atoms with van der Waals surface area (Å²) >= 11 is 0. The van der Waals surface area contributed by atoms with Gasteiger partial charge in [0.25, 0.3) is 0 Å². The lowest BCUT2D eigenvalue weighted by atomic mass is 10.1. The molecule has 35 heavy (non-hydrogen) atoms. The van der Waals surface area contributed by atoms with Crippen molar-refractivity contribution in [2.45, 2.75) is 52.4 Å². The highest BCUT2D eigenvalue weighted by Gasteiger charge is 2.23. The van der Waals surface area contributed by atoms with Gasteiger partial charge in [0.15, 0.2) is 11.5 Å². The van der Waals surface area contributed by atoms with E-state index in [1.807, 2.05) is 6.07 Å². The molecule has 0 fully saturated rings. The van der Waals surface area contributed by atoms with Gasteiger partial charge in [-0.25, -0.2) is 0 Å². The third-order valence-electron chi connectivity index (χ3n) is 6.85. The topological polar surface area (TPSA) is 26.6 Å². The third-order valence-corrected chi connectivity index (χ3v) is 6.85. The van der Waals surface area contributed by atoms with Gasteiger partial charge in [-0.1, -0.05) is 80.1 Å². The van der Waals surface area contributed by atoms with Crippen LogP contribution in [-0.2, 0) is 19.6 Å². The molecule has 1 aromatic heterocycles. The van der Waals surface area contributed by atoms with Crippen molar-refractivity contribution in [2.75, 3.05) is 6.79 Å². The molecule has 180 valence electrons. The van der Waals surface area contributed by atoms with Crippen LogP contribution in [0.4, 0.5) is 0 Å². The quantitative estimate of drug-likeness (QED) is 0.243. The number of hydrogen-bond donors (Lipinski definition) is 0. The van der Waals surface area contributed by atoms with E-state index in [0.717, 1.165) is 37.6 Å². The Hall–Kier alpha value is -3.50. The van der Waals surface area contributed by atoms with Gasteiger partial charge in [0, 0.05) is 37.1 Å². The molecule has 3 aromatic carbocycles. The Labute approximate surface area is 208 Å². The van der Waals surface area contributed by atoms with Crippen LogP contribution in [0.3, 0.4) is 0 Å². The van der Waals surface area contributed by atoms with Gasteiger partial charge < -0.3 is 14.0 Å². The van der Waals surface area contributed by atoms with Crippen molar-refractivity contribution in [1.82, 2.24) is 9.47 Å². The minimum absolute atomic E-state index is 0.231. The number of benzene rings is 3. The number of fused-ring (bicyclic) bond motifs is 1. The van der Waals surface area contributed by atoms with Gasteiger partial charge >= 0.3 is 0 Å². The molecule has 2 heterocycles. The van der Waals surface area contributed by atoms with E-state index in [1.165, 1.54) is 34.5 Å². The second kappa shape index (κ2) is 10.8. The predicted octanol–water partition coefficient (Wildman–Crippen LogP) is 7.45. The first kappa shape index (κ1) is 23.3. The SMILES string of the molecule is CCCCn1c(-c2ccccc2)ccc1C(C)N(Cc1ccccc1)Cc1ccc2c(c1)OCO2. The van der Waals surface area contributed by atoms with Crippen molar-refractivity contribution in [3.05, 3.63) is 108 Å². The van der Waals surface area contributed by atoms with Gasteiger partial charge in [0.2, 0.25) is 6.79 Å². The fraction of sp³-hybridized carbons (Fsp3) is 0.290. The van der Waals surface area contributed by atoms with Crippen LogP contribution in [0.1, 0.15) is 49.6 Å². The molecule has 1 atom stereocenters. The van der Waals surface area contributed by atoms with Crippen molar-refractivity contribution in [1.29, 1.82) is 0 Å². The van der Waals surface area contributed by atoms with E-state index in [0.29, 0.717) is 6.79 Å². The smallest absolute Gasteiger partial charge is 0.231 e. The molecule has 4 heteroatoms. The summed E-state index contributed by atoms with van der Waals surface area (Å²) in [4.78, 5) is 2.55. The number of hydrogen-bond acceptors (Lipinski definition) is 3. The molecule has 5 rings (SSSR count). The van der Waals surface area contributed by atoms with Crippen molar-refractivity contribution in [2.24, 2.45) is 0 Å². The summed E-state index contributed by atoms with van der Waals surface area (Å²) in [6.45, 7) is 7.62. The molecule has 0 spiro atoms. The van der Waals surface area contributed by atoms with Crippen LogP contribution in [0, 0.1) is 0 Å². The molecule has 1 aliphatic rings. The lowest BCUT2D eigenvalue weighted by molar-refractivity contribution is 0.173. The first-order valence-corrected chi connectivity index (χ1v) is 12.6. The van der Waals surface area contributed by atoms with Gasteiger partial charge in [-0.05, 0) is 54.3 Å². The number of ether oxygens (including phenoxy) is 2. The second-order valence-corrected chi connectivity index (χ2v) is 9.27. The molecule has 1 aliphatic heterocycles. The van der Waals surface area contributed by atoms with E-state index in [9.17, 15) is 0 Å². The molecular formula is C31H34N2O2. The average Bonchev–Trinajstić information content (AvgIpc) is 3.54. The lowest BCUT2D eigenvalue weighted by Crippen LogP contribution is -2.28. The van der Waals surface area contributed by atoms with Crippen LogP contribution in [0.25, 0.3) is 11.3 Å². The highest BCUT2D eigenvalue weighted by molar-refractivity contribution is 5.61. The van der Waals surface area contributed by atoms with Crippen LogP contribution >= 0.6 is 0 Å². The van der Waals surface area contributed by atoms with E-state index in [-0.39, 0.29) is 6.04 Å². The third kappa shape index (κ3) is 5.28. The Balaban J connectivity index is 1.49. The van der Waals surface area contributed by atoms with Gasteiger partial charge in [-0.15, -0.1) is 0 Å². The average molecular weight is 467 g/mol. The van der Waals surface area contributed by atoms with Crippen LogP contribution in [0.5, 0.6) is 11.5 Å². The van der Waals surface area contributed by atoms with Gasteiger partial charge in [-0.3, -0.25) is 4.90 Å². The van der Waals surface area contributed by atoms with Crippen molar-refractivity contribution >= 4 is 0 Å². The number of aromatic nitrogens is 1. The summed E-state index contributed by atoms with van der Waals surface area (Å²) in [6, 6.07) is 32.6. The van der Waals surface area contributed by atoms with Crippen molar-refractivity contribution in [3.63, 3.8) is 0 Å². The molecule has 0 radical (unpaired) electrons. The van der Waals surface area contributed by atoms with E-state index < -0.39 is 0 Å². The Morgan fingerprint density at radius 2 is 1.51 bits per heavy atom. The van der Waals surface area contributed by atoms with Gasteiger partial charge in [-0.2, -0.15) is 0 Å². The maximum absolute atomic E-state index is 5.65. The number of rotatable bonds is 10. The van der Waals surface area contributed by atoms with E-state index in [1.54, 1.807) is 0 Å². The maximum Gasteiger partial charge on any atom is 0.231 e. The summed E-state index contributed by atoms with van der Waals surface area (Å²) in [7, 11) is 0. The zero-order valence-electron chi connectivity index (χ0n) is 20.7. The number of unbranched alkanes of at least 4 members (excludes halogenated alkanes) is 1.